The van der Waals surface area contributed by atoms with Crippen LogP contribution in [0.15, 0.2) is 18.2 Å². The van der Waals surface area contributed by atoms with Crippen molar-refractivity contribution >= 4 is 17.7 Å². The predicted octanol–water partition coefficient (Wildman–Crippen LogP) is 3.44. The zero-order valence-electron chi connectivity index (χ0n) is 12.1. The van der Waals surface area contributed by atoms with Crippen molar-refractivity contribution in [3.8, 4) is 0 Å². The number of nitro benzene ring substituents is 2. The molecule has 1 aromatic carbocycles. The van der Waals surface area contributed by atoms with E-state index in [2.05, 4.69) is 0 Å². The van der Waals surface area contributed by atoms with E-state index in [1.807, 2.05) is 0 Å². The van der Waals surface area contributed by atoms with Gasteiger partial charge in [-0.05, 0) is 31.2 Å². The number of carbonyl (C=O) groups is 1. The Labute approximate surface area is 127 Å². The summed E-state index contributed by atoms with van der Waals surface area (Å²) in [5.41, 5.74) is -0.203. The van der Waals surface area contributed by atoms with Gasteiger partial charge in [0.2, 0.25) is 0 Å². The molecule has 22 heavy (non-hydrogen) atoms. The maximum Gasteiger partial charge on any atom is 0.279 e. The maximum atomic E-state index is 11.4. The Balaban J connectivity index is 2.24. The van der Waals surface area contributed by atoms with Gasteiger partial charge in [0.25, 0.3) is 11.4 Å². The van der Waals surface area contributed by atoms with Gasteiger partial charge in [0, 0.05) is 17.5 Å². The van der Waals surface area contributed by atoms with Gasteiger partial charge in [0.15, 0.2) is 0 Å². The van der Waals surface area contributed by atoms with Crippen molar-refractivity contribution in [2.24, 2.45) is 11.8 Å². The lowest BCUT2D eigenvalue weighted by Crippen LogP contribution is -2.21. The van der Waals surface area contributed by atoms with Crippen LogP contribution in [0, 0.1) is 32.1 Å². The monoisotopic (exact) mass is 306 g/mol. The van der Waals surface area contributed by atoms with Crippen LogP contribution in [-0.4, -0.2) is 16.1 Å². The summed E-state index contributed by atoms with van der Waals surface area (Å²) in [6.45, 7) is 0. The van der Waals surface area contributed by atoms with Crippen LogP contribution in [0.1, 0.15) is 37.7 Å². The van der Waals surface area contributed by atoms with Gasteiger partial charge in [-0.2, -0.15) is 0 Å². The third-order valence-corrected chi connectivity index (χ3v) is 4.36. The van der Waals surface area contributed by atoms with E-state index in [1.54, 1.807) is 0 Å². The number of hydrogen-bond donors (Lipinski definition) is 0. The van der Waals surface area contributed by atoms with Gasteiger partial charge in [-0.1, -0.05) is 19.3 Å². The first kappa shape index (κ1) is 16.1. The third-order valence-electron chi connectivity index (χ3n) is 4.36. The van der Waals surface area contributed by atoms with Crippen molar-refractivity contribution < 1.29 is 14.6 Å². The van der Waals surface area contributed by atoms with Gasteiger partial charge < -0.3 is 4.79 Å². The molecule has 1 aromatic rings. The van der Waals surface area contributed by atoms with Crippen molar-refractivity contribution in [2.75, 3.05) is 0 Å². The molecular weight excluding hydrogens is 288 g/mol. The van der Waals surface area contributed by atoms with Gasteiger partial charge >= 0.3 is 0 Å². The normalized spacial score (nSPS) is 16.9. The van der Waals surface area contributed by atoms with Crippen LogP contribution in [0.2, 0.25) is 0 Å². The highest BCUT2D eigenvalue weighted by molar-refractivity contribution is 5.57. The fraction of sp³-hybridized carbons (Fsp3) is 0.533. The molecule has 1 saturated carbocycles. The predicted molar refractivity (Wildman–Crippen MR) is 79.6 cm³/mol. The second-order valence-corrected chi connectivity index (χ2v) is 5.73. The molecule has 2 rings (SSSR count). The molecule has 0 amide bonds. The Kier molecular flexibility index (Phi) is 5.19. The number of aldehydes is 1. The second-order valence-electron chi connectivity index (χ2n) is 5.73. The van der Waals surface area contributed by atoms with Crippen molar-refractivity contribution in [1.29, 1.82) is 0 Å². The Morgan fingerprint density at radius 1 is 1.14 bits per heavy atom. The summed E-state index contributed by atoms with van der Waals surface area (Å²) in [6, 6.07) is 3.62. The first-order chi connectivity index (χ1) is 10.5. The molecule has 0 saturated heterocycles. The SMILES string of the molecule is O=C[C@@H](Cc1ccc([N+](=O)[O-])cc1[N+](=O)[O-])C1CCCCC1. The number of hydrogen-bond acceptors (Lipinski definition) is 5. The van der Waals surface area contributed by atoms with Gasteiger partial charge in [-0.15, -0.1) is 0 Å². The van der Waals surface area contributed by atoms with E-state index in [4.69, 9.17) is 0 Å². The smallest absolute Gasteiger partial charge is 0.279 e. The zero-order valence-corrected chi connectivity index (χ0v) is 12.1. The van der Waals surface area contributed by atoms with Crippen molar-refractivity contribution in [3.05, 3.63) is 44.0 Å². The minimum Gasteiger partial charge on any atom is -0.303 e. The molecular formula is C15H18N2O5. The molecule has 1 aliphatic carbocycles. The van der Waals surface area contributed by atoms with Gasteiger partial charge in [0.1, 0.15) is 6.29 Å². The Bertz CT molecular complexity index is 581. The van der Waals surface area contributed by atoms with E-state index in [0.717, 1.165) is 38.0 Å². The van der Waals surface area contributed by atoms with Crippen molar-refractivity contribution in [3.63, 3.8) is 0 Å². The van der Waals surface area contributed by atoms with Crippen LogP contribution in [0.5, 0.6) is 0 Å². The molecule has 7 nitrogen and oxygen atoms in total. The molecule has 0 spiro atoms. The van der Waals surface area contributed by atoms with Crippen LogP contribution in [-0.2, 0) is 11.2 Å². The van der Waals surface area contributed by atoms with E-state index >= 15 is 0 Å². The molecule has 0 bridgehead atoms. The quantitative estimate of drug-likeness (QED) is 0.455. The van der Waals surface area contributed by atoms with Crippen LogP contribution < -0.4 is 0 Å². The average Bonchev–Trinajstić information content (AvgIpc) is 2.53. The topological polar surface area (TPSA) is 103 Å². The molecule has 1 atom stereocenters. The highest BCUT2D eigenvalue weighted by Crippen LogP contribution is 2.33. The van der Waals surface area contributed by atoms with E-state index in [9.17, 15) is 25.0 Å². The fourth-order valence-corrected chi connectivity index (χ4v) is 3.15. The molecule has 0 aromatic heterocycles. The van der Waals surface area contributed by atoms with Crippen LogP contribution >= 0.6 is 0 Å². The summed E-state index contributed by atoms with van der Waals surface area (Å²) in [5, 5.41) is 21.9. The molecule has 118 valence electrons. The molecule has 7 heteroatoms. The standard InChI is InChI=1S/C15H18N2O5/c18-10-13(11-4-2-1-3-5-11)8-12-6-7-14(16(19)20)9-15(12)17(21)22/h6-7,9-11,13H,1-5,8H2/t13-/m1/s1. The molecule has 0 unspecified atom stereocenters. The number of carbonyl (C=O) groups excluding carboxylic acids is 1. The lowest BCUT2D eigenvalue weighted by molar-refractivity contribution is -0.394. The van der Waals surface area contributed by atoms with Crippen molar-refractivity contribution in [2.45, 2.75) is 38.5 Å². The zero-order chi connectivity index (χ0) is 16.1. The number of non-ortho nitro benzene ring substituents is 1. The lowest BCUT2D eigenvalue weighted by atomic mass is 9.78. The molecule has 1 aliphatic rings. The second kappa shape index (κ2) is 7.11. The van der Waals surface area contributed by atoms with Crippen LogP contribution in [0.3, 0.4) is 0 Å². The average molecular weight is 306 g/mol. The molecule has 0 heterocycles. The van der Waals surface area contributed by atoms with E-state index in [0.29, 0.717) is 5.56 Å². The van der Waals surface area contributed by atoms with Gasteiger partial charge in [0.05, 0.1) is 15.9 Å². The number of benzene rings is 1. The first-order valence-electron chi connectivity index (χ1n) is 7.40. The Hall–Kier alpha value is -2.31. The summed E-state index contributed by atoms with van der Waals surface area (Å²) >= 11 is 0. The van der Waals surface area contributed by atoms with Gasteiger partial charge in [-0.3, -0.25) is 20.2 Å². The third kappa shape index (κ3) is 3.66. The summed E-state index contributed by atoms with van der Waals surface area (Å²) < 4.78 is 0. The van der Waals surface area contributed by atoms with Crippen molar-refractivity contribution in [1.82, 2.24) is 0 Å². The van der Waals surface area contributed by atoms with E-state index in [-0.39, 0.29) is 29.6 Å². The summed E-state index contributed by atoms with van der Waals surface area (Å²) in [6.07, 6.45) is 6.40. The van der Waals surface area contributed by atoms with Crippen LogP contribution in [0.25, 0.3) is 0 Å². The number of rotatable bonds is 6. The minimum absolute atomic E-state index is 0.251. The summed E-state index contributed by atoms with van der Waals surface area (Å²) in [7, 11) is 0. The fourth-order valence-electron chi connectivity index (χ4n) is 3.15. The maximum absolute atomic E-state index is 11.4. The molecule has 0 N–H and O–H groups in total. The highest BCUT2D eigenvalue weighted by atomic mass is 16.6. The lowest BCUT2D eigenvalue weighted by Gasteiger charge is -2.26. The first-order valence-corrected chi connectivity index (χ1v) is 7.40. The summed E-state index contributed by atoms with van der Waals surface area (Å²) in [5.74, 6) is -0.0125. The Morgan fingerprint density at radius 2 is 1.82 bits per heavy atom. The van der Waals surface area contributed by atoms with Crippen LogP contribution in [0.4, 0.5) is 11.4 Å². The van der Waals surface area contributed by atoms with Gasteiger partial charge in [-0.25, -0.2) is 0 Å². The summed E-state index contributed by atoms with van der Waals surface area (Å²) in [4.78, 5) is 32.0. The highest BCUT2D eigenvalue weighted by Gasteiger charge is 2.27. The molecule has 0 radical (unpaired) electrons. The van der Waals surface area contributed by atoms with E-state index in [1.165, 1.54) is 18.6 Å². The number of nitrogens with zero attached hydrogens (tertiary/aromatic N) is 2. The molecule has 1 fully saturated rings. The largest absolute Gasteiger partial charge is 0.303 e. The minimum atomic E-state index is -0.658. The van der Waals surface area contributed by atoms with E-state index < -0.39 is 9.85 Å². The molecule has 0 aliphatic heterocycles. The Morgan fingerprint density at radius 3 is 2.36 bits per heavy atom. The number of nitro groups is 2.